The Morgan fingerprint density at radius 3 is 2.42 bits per heavy atom. The van der Waals surface area contributed by atoms with Crippen LogP contribution in [0.2, 0.25) is 0 Å². The summed E-state index contributed by atoms with van der Waals surface area (Å²) >= 11 is 4.52. The Bertz CT molecular complexity index is 860. The van der Waals surface area contributed by atoms with Gasteiger partial charge in [-0.1, -0.05) is 30.3 Å². The fourth-order valence-electron chi connectivity index (χ4n) is 3.15. The van der Waals surface area contributed by atoms with E-state index in [1.807, 2.05) is 37.4 Å². The first-order valence-corrected chi connectivity index (χ1v) is 11.5. The van der Waals surface area contributed by atoms with Crippen LogP contribution in [0.4, 0.5) is 0 Å². The van der Waals surface area contributed by atoms with Crippen molar-refractivity contribution in [3.63, 3.8) is 0 Å². The number of rotatable bonds is 5. The predicted octanol–water partition coefficient (Wildman–Crippen LogP) is 3.57. The molecule has 1 aliphatic heterocycles. The zero-order valence-corrected chi connectivity index (χ0v) is 17.7. The monoisotopic (exact) mass is 456 g/mol. The first-order chi connectivity index (χ1) is 12.4. The Labute approximate surface area is 166 Å². The molecule has 1 fully saturated rings. The van der Waals surface area contributed by atoms with E-state index in [-0.39, 0.29) is 11.8 Å². The second kappa shape index (κ2) is 8.21. The van der Waals surface area contributed by atoms with E-state index in [2.05, 4.69) is 15.9 Å². The zero-order valence-electron chi connectivity index (χ0n) is 14.5. The van der Waals surface area contributed by atoms with Crippen LogP contribution in [0, 0.1) is 5.92 Å². The second-order valence-corrected chi connectivity index (χ2v) is 11.0. The maximum atomic E-state index is 12.7. The molecule has 0 bridgehead atoms. The third kappa shape index (κ3) is 4.36. The highest BCUT2D eigenvalue weighted by molar-refractivity contribution is 9.11. The van der Waals surface area contributed by atoms with Crippen LogP contribution in [-0.2, 0) is 21.4 Å². The van der Waals surface area contributed by atoms with Gasteiger partial charge in [0.2, 0.25) is 5.91 Å². The van der Waals surface area contributed by atoms with Gasteiger partial charge in [0.25, 0.3) is 10.0 Å². The van der Waals surface area contributed by atoms with E-state index in [0.717, 1.165) is 9.35 Å². The molecular weight excluding hydrogens is 436 g/mol. The highest BCUT2D eigenvalue weighted by atomic mass is 79.9. The lowest BCUT2D eigenvalue weighted by molar-refractivity contribution is -0.135. The number of nitrogens with zero attached hydrogens (tertiary/aromatic N) is 2. The Hall–Kier alpha value is -1.22. The van der Waals surface area contributed by atoms with E-state index in [1.165, 1.54) is 15.6 Å². The molecule has 1 amide bonds. The van der Waals surface area contributed by atoms with Gasteiger partial charge in [-0.3, -0.25) is 4.79 Å². The van der Waals surface area contributed by atoms with Crippen molar-refractivity contribution in [2.24, 2.45) is 5.92 Å². The molecule has 0 aliphatic carbocycles. The van der Waals surface area contributed by atoms with Gasteiger partial charge in [-0.2, -0.15) is 4.31 Å². The molecule has 0 unspecified atom stereocenters. The fraction of sp³-hybridized carbons (Fsp3) is 0.389. The topological polar surface area (TPSA) is 57.7 Å². The van der Waals surface area contributed by atoms with E-state index in [0.29, 0.717) is 36.7 Å². The highest BCUT2D eigenvalue weighted by Gasteiger charge is 2.33. The lowest BCUT2D eigenvalue weighted by Gasteiger charge is -2.32. The minimum atomic E-state index is -3.46. The second-order valence-electron chi connectivity index (χ2n) is 6.42. The average molecular weight is 457 g/mol. The number of thiophene rings is 1. The first kappa shape index (κ1) is 19.5. The maximum Gasteiger partial charge on any atom is 0.252 e. The number of hydrogen-bond donors (Lipinski definition) is 0. The van der Waals surface area contributed by atoms with Gasteiger partial charge in [0.1, 0.15) is 4.21 Å². The summed E-state index contributed by atoms with van der Waals surface area (Å²) in [6, 6.07) is 13.2. The molecule has 26 heavy (non-hydrogen) atoms. The smallest absolute Gasteiger partial charge is 0.252 e. The maximum absolute atomic E-state index is 12.7. The molecule has 0 atom stereocenters. The van der Waals surface area contributed by atoms with Crippen LogP contribution in [0.15, 0.2) is 50.5 Å². The van der Waals surface area contributed by atoms with Crippen molar-refractivity contribution >= 4 is 43.2 Å². The number of sulfonamides is 1. The number of amides is 1. The van der Waals surface area contributed by atoms with Gasteiger partial charge >= 0.3 is 0 Å². The molecule has 1 saturated heterocycles. The third-order valence-corrected chi connectivity index (χ3v) is 8.57. The molecule has 5 nitrogen and oxygen atoms in total. The Balaban J connectivity index is 1.58. The number of hydrogen-bond acceptors (Lipinski definition) is 4. The van der Waals surface area contributed by atoms with Crippen molar-refractivity contribution < 1.29 is 13.2 Å². The number of halogens is 1. The van der Waals surface area contributed by atoms with Crippen LogP contribution in [0.3, 0.4) is 0 Å². The summed E-state index contributed by atoms with van der Waals surface area (Å²) in [4.78, 5) is 14.4. The molecule has 2 heterocycles. The number of carbonyl (C=O) groups is 1. The highest BCUT2D eigenvalue weighted by Crippen LogP contribution is 2.31. The van der Waals surface area contributed by atoms with Gasteiger partial charge in [-0.15, -0.1) is 11.3 Å². The number of benzene rings is 1. The minimum absolute atomic E-state index is 0.0877. The van der Waals surface area contributed by atoms with Crippen LogP contribution in [0.25, 0.3) is 0 Å². The van der Waals surface area contributed by atoms with Crippen LogP contribution in [-0.4, -0.2) is 43.7 Å². The quantitative estimate of drug-likeness (QED) is 0.690. The molecule has 1 aromatic carbocycles. The molecule has 0 spiro atoms. The Morgan fingerprint density at radius 2 is 1.85 bits per heavy atom. The SMILES string of the molecule is CN(Cc1ccccc1)C(=O)C1CCN(S(=O)(=O)c2ccc(Br)s2)CC1. The standard InChI is InChI=1S/C18H21BrN2O3S2/c1-20(13-14-5-3-2-4-6-14)18(22)15-9-11-21(12-10-15)26(23,24)17-8-7-16(19)25-17/h2-8,15H,9-13H2,1H3. The molecule has 8 heteroatoms. The van der Waals surface area contributed by atoms with Crippen molar-refractivity contribution in [2.45, 2.75) is 23.6 Å². The van der Waals surface area contributed by atoms with E-state index in [1.54, 1.807) is 17.0 Å². The molecule has 0 radical (unpaired) electrons. The van der Waals surface area contributed by atoms with Gasteiger partial charge in [0.15, 0.2) is 0 Å². The summed E-state index contributed by atoms with van der Waals surface area (Å²) in [5.74, 6) is -0.0324. The summed E-state index contributed by atoms with van der Waals surface area (Å²) in [6.07, 6.45) is 1.12. The van der Waals surface area contributed by atoms with Crippen molar-refractivity contribution in [3.8, 4) is 0 Å². The lowest BCUT2D eigenvalue weighted by atomic mass is 9.96. The normalized spacial score (nSPS) is 16.5. The van der Waals surface area contributed by atoms with E-state index in [4.69, 9.17) is 0 Å². The largest absolute Gasteiger partial charge is 0.341 e. The number of carbonyl (C=O) groups excluding carboxylic acids is 1. The molecule has 0 N–H and O–H groups in total. The first-order valence-electron chi connectivity index (χ1n) is 8.42. The average Bonchev–Trinajstić information content (AvgIpc) is 3.09. The van der Waals surface area contributed by atoms with Gasteiger partial charge in [0.05, 0.1) is 3.79 Å². The predicted molar refractivity (Wildman–Crippen MR) is 106 cm³/mol. The van der Waals surface area contributed by atoms with E-state index >= 15 is 0 Å². The number of piperidine rings is 1. The van der Waals surface area contributed by atoms with Gasteiger partial charge < -0.3 is 4.90 Å². The molecule has 140 valence electrons. The van der Waals surface area contributed by atoms with Gasteiger partial charge in [-0.05, 0) is 46.5 Å². The third-order valence-electron chi connectivity index (χ3n) is 4.58. The summed E-state index contributed by atoms with van der Waals surface area (Å²) < 4.78 is 28.0. The van der Waals surface area contributed by atoms with Crippen molar-refractivity contribution in [1.29, 1.82) is 0 Å². The van der Waals surface area contributed by atoms with Gasteiger partial charge in [-0.25, -0.2) is 8.42 Å². The van der Waals surface area contributed by atoms with Crippen LogP contribution < -0.4 is 0 Å². The summed E-state index contributed by atoms with van der Waals surface area (Å²) in [7, 11) is -1.66. The van der Waals surface area contributed by atoms with Gasteiger partial charge in [0, 0.05) is 32.6 Å². The Morgan fingerprint density at radius 1 is 1.19 bits per heavy atom. The van der Waals surface area contributed by atoms with Crippen molar-refractivity contribution in [2.75, 3.05) is 20.1 Å². The summed E-state index contributed by atoms with van der Waals surface area (Å²) in [6.45, 7) is 1.34. The fourth-order valence-corrected chi connectivity index (χ4v) is 6.79. The minimum Gasteiger partial charge on any atom is -0.341 e. The molecule has 1 aromatic heterocycles. The van der Waals surface area contributed by atoms with Crippen LogP contribution >= 0.6 is 27.3 Å². The molecule has 0 saturated carbocycles. The van der Waals surface area contributed by atoms with Crippen LogP contribution in [0.1, 0.15) is 18.4 Å². The van der Waals surface area contributed by atoms with E-state index < -0.39 is 10.0 Å². The zero-order chi connectivity index (χ0) is 18.7. The summed E-state index contributed by atoms with van der Waals surface area (Å²) in [5, 5.41) is 0. The molecule has 3 rings (SSSR count). The molecule has 2 aromatic rings. The van der Waals surface area contributed by atoms with Crippen molar-refractivity contribution in [3.05, 3.63) is 51.8 Å². The molecular formula is C18H21BrN2O3S2. The van der Waals surface area contributed by atoms with Crippen LogP contribution in [0.5, 0.6) is 0 Å². The van der Waals surface area contributed by atoms with Crippen molar-refractivity contribution in [1.82, 2.24) is 9.21 Å². The van der Waals surface area contributed by atoms with E-state index in [9.17, 15) is 13.2 Å². The lowest BCUT2D eigenvalue weighted by Crippen LogP contribution is -2.43. The summed E-state index contributed by atoms with van der Waals surface area (Å²) in [5.41, 5.74) is 1.09. The Kier molecular flexibility index (Phi) is 6.17. The molecule has 1 aliphatic rings.